The molecule has 14 heavy (non-hydrogen) atoms. The number of Topliss-reactive ketones (excluding diaryl/α,β-unsaturated/α-hetero) is 1. The van der Waals surface area contributed by atoms with Crippen LogP contribution in [0.25, 0.3) is 0 Å². The molecule has 0 radical (unpaired) electrons. The topological polar surface area (TPSA) is 69.1 Å². The molecule has 0 bridgehead atoms. The van der Waals surface area contributed by atoms with Gasteiger partial charge in [0.2, 0.25) is 0 Å². The van der Waals surface area contributed by atoms with Gasteiger partial charge in [0.1, 0.15) is 0 Å². The van der Waals surface area contributed by atoms with Crippen LogP contribution in [0.5, 0.6) is 0 Å². The predicted octanol–water partition coefficient (Wildman–Crippen LogP) is 1.50. The van der Waals surface area contributed by atoms with Crippen molar-refractivity contribution < 1.29 is 9.32 Å². The third-order valence-electron chi connectivity index (χ3n) is 1.93. The predicted molar refractivity (Wildman–Crippen MR) is 53.2 cm³/mol. The normalized spacial score (nSPS) is 14.1. The fraction of sp³-hybridized carbons (Fsp3) is 0.600. The molecule has 1 unspecified atom stereocenters. The van der Waals surface area contributed by atoms with Gasteiger partial charge in [0.15, 0.2) is 11.5 Å². The number of hydrogen-bond acceptors (Lipinski definition) is 4. The summed E-state index contributed by atoms with van der Waals surface area (Å²) in [4.78, 5) is 11.6. The van der Waals surface area contributed by atoms with E-state index in [4.69, 9.17) is 10.3 Å². The minimum atomic E-state index is -0.518. The van der Waals surface area contributed by atoms with E-state index in [0.29, 0.717) is 11.3 Å². The molecule has 4 nitrogen and oxygen atoms in total. The Kier molecular flexibility index (Phi) is 2.76. The van der Waals surface area contributed by atoms with Crippen molar-refractivity contribution in [2.45, 2.75) is 39.2 Å². The Hall–Kier alpha value is -1.16. The first-order valence-corrected chi connectivity index (χ1v) is 4.59. The number of nitrogens with two attached hydrogens (primary N) is 1. The smallest absolute Gasteiger partial charge is 0.184 e. The van der Waals surface area contributed by atoms with Gasteiger partial charge in [-0.05, 0) is 6.92 Å². The highest BCUT2D eigenvalue weighted by Crippen LogP contribution is 2.26. The van der Waals surface area contributed by atoms with Crippen LogP contribution >= 0.6 is 0 Å². The van der Waals surface area contributed by atoms with E-state index in [9.17, 15) is 4.79 Å². The molecule has 2 N–H and O–H groups in total. The highest BCUT2D eigenvalue weighted by atomic mass is 16.5. The van der Waals surface area contributed by atoms with Crippen molar-refractivity contribution in [2.24, 2.45) is 5.73 Å². The van der Waals surface area contributed by atoms with E-state index < -0.39 is 6.04 Å². The molecule has 0 aliphatic heterocycles. The number of hydrogen-bond donors (Lipinski definition) is 1. The Morgan fingerprint density at radius 1 is 1.57 bits per heavy atom. The highest BCUT2D eigenvalue weighted by Gasteiger charge is 2.27. The number of nitrogens with zero attached hydrogens (tertiary/aromatic N) is 1. The summed E-state index contributed by atoms with van der Waals surface area (Å²) >= 11 is 0. The van der Waals surface area contributed by atoms with Crippen LogP contribution in [0.2, 0.25) is 0 Å². The second-order valence-electron chi connectivity index (χ2n) is 4.47. The molecule has 1 rings (SSSR count). The Labute approximate surface area is 83.5 Å². The van der Waals surface area contributed by atoms with Gasteiger partial charge in [0.25, 0.3) is 0 Å². The number of carbonyl (C=O) groups is 1. The van der Waals surface area contributed by atoms with Crippen molar-refractivity contribution in [3.05, 3.63) is 17.5 Å². The molecule has 1 aromatic heterocycles. The van der Waals surface area contributed by atoms with Crippen LogP contribution in [-0.4, -0.2) is 17.0 Å². The van der Waals surface area contributed by atoms with Crippen LogP contribution < -0.4 is 5.73 Å². The minimum Gasteiger partial charge on any atom is -0.360 e. The maximum absolute atomic E-state index is 11.6. The Bertz CT molecular complexity index is 334. The lowest BCUT2D eigenvalue weighted by Crippen LogP contribution is -2.28. The van der Waals surface area contributed by atoms with E-state index >= 15 is 0 Å². The zero-order chi connectivity index (χ0) is 10.9. The van der Waals surface area contributed by atoms with E-state index in [1.165, 1.54) is 6.20 Å². The molecule has 1 heterocycles. The molecule has 78 valence electrons. The lowest BCUT2D eigenvalue weighted by Gasteiger charge is -2.15. The number of aromatic nitrogens is 1. The van der Waals surface area contributed by atoms with Crippen molar-refractivity contribution >= 4 is 5.78 Å². The number of ketones is 1. The summed E-state index contributed by atoms with van der Waals surface area (Å²) < 4.78 is 5.07. The monoisotopic (exact) mass is 196 g/mol. The molecule has 0 saturated heterocycles. The van der Waals surface area contributed by atoms with Crippen LogP contribution in [0.15, 0.2) is 10.7 Å². The fourth-order valence-electron chi connectivity index (χ4n) is 1.20. The standard InChI is InChI=1S/C10H16N2O2/c1-6(11)8(13)7-5-12-14-9(7)10(2,3)4/h5-6H,11H2,1-4H3. The Morgan fingerprint density at radius 2 is 2.14 bits per heavy atom. The quantitative estimate of drug-likeness (QED) is 0.728. The van der Waals surface area contributed by atoms with Gasteiger partial charge < -0.3 is 10.3 Å². The van der Waals surface area contributed by atoms with E-state index in [0.717, 1.165) is 0 Å². The maximum Gasteiger partial charge on any atom is 0.184 e. The van der Waals surface area contributed by atoms with Gasteiger partial charge >= 0.3 is 0 Å². The molecule has 1 aromatic rings. The van der Waals surface area contributed by atoms with Crippen LogP contribution in [-0.2, 0) is 5.41 Å². The highest BCUT2D eigenvalue weighted by molar-refractivity contribution is 6.00. The lowest BCUT2D eigenvalue weighted by molar-refractivity contribution is 0.0964. The summed E-state index contributed by atoms with van der Waals surface area (Å²) in [6.07, 6.45) is 1.44. The lowest BCUT2D eigenvalue weighted by atomic mass is 9.88. The zero-order valence-corrected chi connectivity index (χ0v) is 9.00. The van der Waals surface area contributed by atoms with E-state index in [2.05, 4.69) is 5.16 Å². The largest absolute Gasteiger partial charge is 0.360 e. The summed E-state index contributed by atoms with van der Waals surface area (Å²) in [6, 6.07) is -0.518. The minimum absolute atomic E-state index is 0.129. The zero-order valence-electron chi connectivity index (χ0n) is 9.00. The first-order chi connectivity index (χ1) is 6.34. The van der Waals surface area contributed by atoms with Gasteiger partial charge in [0.05, 0.1) is 17.8 Å². The second-order valence-corrected chi connectivity index (χ2v) is 4.47. The van der Waals surface area contributed by atoms with Crippen LogP contribution in [0.1, 0.15) is 43.8 Å². The number of carbonyl (C=O) groups excluding carboxylic acids is 1. The molecular formula is C10H16N2O2. The van der Waals surface area contributed by atoms with Crippen LogP contribution in [0.3, 0.4) is 0 Å². The van der Waals surface area contributed by atoms with Gasteiger partial charge in [-0.1, -0.05) is 25.9 Å². The molecule has 0 spiro atoms. The van der Waals surface area contributed by atoms with Gasteiger partial charge in [-0.25, -0.2) is 0 Å². The molecular weight excluding hydrogens is 180 g/mol. The fourth-order valence-corrected chi connectivity index (χ4v) is 1.20. The molecule has 0 fully saturated rings. The van der Waals surface area contributed by atoms with Crippen molar-refractivity contribution in [1.29, 1.82) is 0 Å². The summed E-state index contributed by atoms with van der Waals surface area (Å²) in [7, 11) is 0. The molecule has 4 heteroatoms. The Balaban J connectivity index is 3.12. The molecule has 0 saturated carbocycles. The van der Waals surface area contributed by atoms with Crippen LogP contribution in [0.4, 0.5) is 0 Å². The molecule has 1 atom stereocenters. The van der Waals surface area contributed by atoms with Gasteiger partial charge in [-0.2, -0.15) is 0 Å². The first kappa shape index (κ1) is 10.9. The van der Waals surface area contributed by atoms with Crippen molar-refractivity contribution in [3.8, 4) is 0 Å². The SMILES string of the molecule is CC(N)C(=O)c1cnoc1C(C)(C)C. The molecule has 0 aliphatic carbocycles. The third kappa shape index (κ3) is 2.01. The third-order valence-corrected chi connectivity index (χ3v) is 1.93. The van der Waals surface area contributed by atoms with Gasteiger partial charge in [-0.3, -0.25) is 4.79 Å². The van der Waals surface area contributed by atoms with E-state index in [-0.39, 0.29) is 11.2 Å². The van der Waals surface area contributed by atoms with Crippen molar-refractivity contribution in [3.63, 3.8) is 0 Å². The summed E-state index contributed by atoms with van der Waals surface area (Å²) in [6.45, 7) is 7.55. The summed E-state index contributed by atoms with van der Waals surface area (Å²) in [5.74, 6) is 0.468. The van der Waals surface area contributed by atoms with Crippen molar-refractivity contribution in [1.82, 2.24) is 5.16 Å². The average Bonchev–Trinajstić information content (AvgIpc) is 2.48. The first-order valence-electron chi connectivity index (χ1n) is 4.59. The van der Waals surface area contributed by atoms with Gasteiger partial charge in [0, 0.05) is 5.41 Å². The summed E-state index contributed by atoms with van der Waals surface area (Å²) in [5.41, 5.74) is 5.79. The second kappa shape index (κ2) is 3.53. The molecule has 0 aromatic carbocycles. The van der Waals surface area contributed by atoms with E-state index in [1.54, 1.807) is 6.92 Å². The van der Waals surface area contributed by atoms with Crippen molar-refractivity contribution in [2.75, 3.05) is 0 Å². The summed E-state index contributed by atoms with van der Waals surface area (Å²) in [5, 5.41) is 3.64. The Morgan fingerprint density at radius 3 is 2.57 bits per heavy atom. The number of rotatable bonds is 2. The average molecular weight is 196 g/mol. The van der Waals surface area contributed by atoms with Crippen LogP contribution in [0, 0.1) is 0 Å². The molecule has 0 aliphatic rings. The maximum atomic E-state index is 11.6. The van der Waals surface area contributed by atoms with Gasteiger partial charge in [-0.15, -0.1) is 0 Å². The van der Waals surface area contributed by atoms with E-state index in [1.807, 2.05) is 20.8 Å². The molecule has 0 amide bonds.